The summed E-state index contributed by atoms with van der Waals surface area (Å²) in [6.07, 6.45) is 1.36. The first kappa shape index (κ1) is 10.7. The molecule has 14 heavy (non-hydrogen) atoms. The third-order valence-electron chi connectivity index (χ3n) is 3.32. The summed E-state index contributed by atoms with van der Waals surface area (Å²) in [5, 5.41) is 0. The molecule has 0 aromatic carbocycles. The van der Waals surface area contributed by atoms with E-state index < -0.39 is 0 Å². The standard InChI is InChI=1S/C12H17BrS/c1-7-5-9(8(2)14-7)11(13)10-6-12(10,3)4/h5,10-11H,6H2,1-4H3. The van der Waals surface area contributed by atoms with Gasteiger partial charge in [0.1, 0.15) is 0 Å². The quantitative estimate of drug-likeness (QED) is 0.676. The molecule has 0 radical (unpaired) electrons. The topological polar surface area (TPSA) is 0 Å². The van der Waals surface area contributed by atoms with E-state index in [1.165, 1.54) is 21.7 Å². The van der Waals surface area contributed by atoms with Crippen LogP contribution in [-0.2, 0) is 0 Å². The van der Waals surface area contributed by atoms with Crippen LogP contribution in [-0.4, -0.2) is 0 Å². The predicted molar refractivity (Wildman–Crippen MR) is 67.3 cm³/mol. The van der Waals surface area contributed by atoms with Crippen LogP contribution in [0.5, 0.6) is 0 Å². The number of thiophene rings is 1. The Morgan fingerprint density at radius 1 is 1.50 bits per heavy atom. The number of halogens is 1. The molecule has 1 fully saturated rings. The van der Waals surface area contributed by atoms with Gasteiger partial charge in [0.25, 0.3) is 0 Å². The van der Waals surface area contributed by atoms with Crippen LogP contribution < -0.4 is 0 Å². The van der Waals surface area contributed by atoms with Gasteiger partial charge < -0.3 is 0 Å². The molecule has 1 aliphatic carbocycles. The minimum atomic E-state index is 0.552. The van der Waals surface area contributed by atoms with Crippen LogP contribution in [0.1, 0.15) is 40.4 Å². The largest absolute Gasteiger partial charge is 0.146 e. The highest BCUT2D eigenvalue weighted by atomic mass is 79.9. The Morgan fingerprint density at radius 2 is 2.07 bits per heavy atom. The molecule has 0 aliphatic heterocycles. The monoisotopic (exact) mass is 272 g/mol. The lowest BCUT2D eigenvalue weighted by Crippen LogP contribution is -1.98. The zero-order valence-corrected chi connectivity index (χ0v) is 11.6. The molecule has 2 heteroatoms. The molecule has 2 unspecified atom stereocenters. The van der Waals surface area contributed by atoms with Crippen LogP contribution in [0.25, 0.3) is 0 Å². The van der Waals surface area contributed by atoms with Crippen molar-refractivity contribution >= 4 is 27.3 Å². The normalized spacial score (nSPS) is 26.2. The Kier molecular flexibility index (Phi) is 2.55. The lowest BCUT2D eigenvalue weighted by atomic mass is 10.0. The SMILES string of the molecule is Cc1cc(C(Br)C2CC2(C)C)c(C)s1. The molecule has 1 aromatic rings. The Labute approximate surface area is 98.9 Å². The summed E-state index contributed by atoms with van der Waals surface area (Å²) >= 11 is 5.77. The highest BCUT2D eigenvalue weighted by Crippen LogP contribution is 2.61. The molecule has 1 heterocycles. The summed E-state index contributed by atoms with van der Waals surface area (Å²) in [5.41, 5.74) is 2.07. The molecular weight excluding hydrogens is 256 g/mol. The predicted octanol–water partition coefficient (Wildman–Crippen LogP) is 4.85. The third kappa shape index (κ3) is 1.79. The van der Waals surface area contributed by atoms with Crippen molar-refractivity contribution in [2.45, 2.75) is 38.9 Å². The van der Waals surface area contributed by atoms with Gasteiger partial charge in [-0.3, -0.25) is 0 Å². The van der Waals surface area contributed by atoms with Crippen molar-refractivity contribution in [1.29, 1.82) is 0 Å². The highest BCUT2D eigenvalue weighted by molar-refractivity contribution is 9.09. The summed E-state index contributed by atoms with van der Waals surface area (Å²) in [5.74, 6) is 0.829. The van der Waals surface area contributed by atoms with Crippen LogP contribution >= 0.6 is 27.3 Å². The molecule has 1 aliphatic rings. The number of hydrogen-bond acceptors (Lipinski definition) is 1. The number of alkyl halides is 1. The van der Waals surface area contributed by atoms with Crippen molar-refractivity contribution in [2.24, 2.45) is 11.3 Å². The number of hydrogen-bond donors (Lipinski definition) is 0. The first-order valence-corrected chi connectivity index (χ1v) is 6.86. The van der Waals surface area contributed by atoms with Crippen LogP contribution in [0, 0.1) is 25.2 Å². The minimum absolute atomic E-state index is 0.552. The third-order valence-corrected chi connectivity index (χ3v) is 5.43. The maximum absolute atomic E-state index is 3.86. The molecule has 0 spiro atoms. The molecule has 2 atom stereocenters. The minimum Gasteiger partial charge on any atom is -0.146 e. The summed E-state index contributed by atoms with van der Waals surface area (Å²) in [6.45, 7) is 9.15. The van der Waals surface area contributed by atoms with Crippen molar-refractivity contribution < 1.29 is 0 Å². The van der Waals surface area contributed by atoms with E-state index in [4.69, 9.17) is 0 Å². The van der Waals surface area contributed by atoms with Gasteiger partial charge in [-0.05, 0) is 43.2 Å². The van der Waals surface area contributed by atoms with Crippen LogP contribution in [0.15, 0.2) is 6.07 Å². The first-order valence-electron chi connectivity index (χ1n) is 5.13. The fourth-order valence-corrected chi connectivity index (χ4v) is 4.65. The van der Waals surface area contributed by atoms with E-state index in [9.17, 15) is 0 Å². The Bertz CT molecular complexity index is 351. The Morgan fingerprint density at radius 3 is 2.43 bits per heavy atom. The molecule has 0 nitrogen and oxygen atoms in total. The van der Waals surface area contributed by atoms with Crippen molar-refractivity contribution in [3.63, 3.8) is 0 Å². The van der Waals surface area contributed by atoms with Gasteiger partial charge in [-0.2, -0.15) is 0 Å². The maximum Gasteiger partial charge on any atom is 0.0439 e. The highest BCUT2D eigenvalue weighted by Gasteiger charge is 2.50. The zero-order valence-electron chi connectivity index (χ0n) is 9.23. The fraction of sp³-hybridized carbons (Fsp3) is 0.667. The van der Waals surface area contributed by atoms with Gasteiger partial charge in [-0.1, -0.05) is 29.8 Å². The summed E-state index contributed by atoms with van der Waals surface area (Å²) < 4.78 is 0. The van der Waals surface area contributed by atoms with Crippen molar-refractivity contribution in [2.75, 3.05) is 0 Å². The Balaban J connectivity index is 2.20. The molecule has 0 bridgehead atoms. The summed E-state index contributed by atoms with van der Waals surface area (Å²) in [4.78, 5) is 3.48. The lowest BCUT2D eigenvalue weighted by molar-refractivity contribution is 0.555. The van der Waals surface area contributed by atoms with E-state index in [1.54, 1.807) is 0 Å². The van der Waals surface area contributed by atoms with E-state index in [-0.39, 0.29) is 0 Å². The van der Waals surface area contributed by atoms with Crippen LogP contribution in [0.3, 0.4) is 0 Å². The van der Waals surface area contributed by atoms with E-state index in [1.807, 2.05) is 11.3 Å². The van der Waals surface area contributed by atoms with Gasteiger partial charge >= 0.3 is 0 Å². The fourth-order valence-electron chi connectivity index (χ4n) is 2.15. The summed E-state index contributed by atoms with van der Waals surface area (Å²) in [6, 6.07) is 2.34. The number of aryl methyl sites for hydroxylation is 2. The van der Waals surface area contributed by atoms with E-state index in [0.29, 0.717) is 10.2 Å². The molecule has 0 N–H and O–H groups in total. The molecule has 2 rings (SSSR count). The Hall–Kier alpha value is 0.180. The smallest absolute Gasteiger partial charge is 0.0439 e. The molecule has 78 valence electrons. The van der Waals surface area contributed by atoms with Crippen LogP contribution in [0.2, 0.25) is 0 Å². The average Bonchev–Trinajstić information content (AvgIpc) is 2.55. The van der Waals surface area contributed by atoms with Gasteiger partial charge in [0.05, 0.1) is 0 Å². The van der Waals surface area contributed by atoms with Crippen LogP contribution in [0.4, 0.5) is 0 Å². The molecule has 0 amide bonds. The average molecular weight is 273 g/mol. The van der Waals surface area contributed by atoms with E-state index >= 15 is 0 Å². The van der Waals surface area contributed by atoms with Gasteiger partial charge in [-0.25, -0.2) is 0 Å². The second-order valence-corrected chi connectivity index (χ2v) is 7.52. The van der Waals surface area contributed by atoms with Gasteiger partial charge in [0, 0.05) is 14.6 Å². The second kappa shape index (κ2) is 3.34. The molecule has 1 aromatic heterocycles. The first-order chi connectivity index (χ1) is 6.42. The van der Waals surface area contributed by atoms with Crippen molar-refractivity contribution in [3.05, 3.63) is 21.4 Å². The van der Waals surface area contributed by atoms with Gasteiger partial charge in [-0.15, -0.1) is 11.3 Å². The van der Waals surface area contributed by atoms with Gasteiger partial charge in [0.15, 0.2) is 0 Å². The number of rotatable bonds is 2. The van der Waals surface area contributed by atoms with E-state index in [0.717, 1.165) is 5.92 Å². The van der Waals surface area contributed by atoms with Crippen molar-refractivity contribution in [3.8, 4) is 0 Å². The maximum atomic E-state index is 3.86. The second-order valence-electron chi connectivity index (χ2n) is 5.07. The molecular formula is C12H17BrS. The van der Waals surface area contributed by atoms with E-state index in [2.05, 4.69) is 49.7 Å². The molecule has 1 saturated carbocycles. The lowest BCUT2D eigenvalue weighted by Gasteiger charge is -2.11. The van der Waals surface area contributed by atoms with Gasteiger partial charge in [0.2, 0.25) is 0 Å². The van der Waals surface area contributed by atoms with Crippen molar-refractivity contribution in [1.82, 2.24) is 0 Å². The zero-order chi connectivity index (χ0) is 10.5. The summed E-state index contributed by atoms with van der Waals surface area (Å²) in [7, 11) is 0. The molecule has 0 saturated heterocycles.